The summed E-state index contributed by atoms with van der Waals surface area (Å²) in [6.45, 7) is 7.34. The highest BCUT2D eigenvalue weighted by Gasteiger charge is 2.13. The number of carbonyl (C=O) groups excluding carboxylic acids is 1. The van der Waals surface area contributed by atoms with Crippen LogP contribution in [0, 0.1) is 5.82 Å². The van der Waals surface area contributed by atoms with Crippen LogP contribution in [0.4, 0.5) is 4.39 Å². The molecule has 1 N–H and O–H groups in total. The zero-order valence-corrected chi connectivity index (χ0v) is 14.7. The van der Waals surface area contributed by atoms with Crippen LogP contribution in [0.25, 0.3) is 0 Å². The number of benzene rings is 2. The maximum atomic E-state index is 13.8. The number of hydrogen-bond acceptors (Lipinski definition) is 2. The summed E-state index contributed by atoms with van der Waals surface area (Å²) in [7, 11) is 0. The molecule has 2 aromatic carbocycles. The zero-order valence-electron chi connectivity index (χ0n) is 14.0. The Bertz CT molecular complexity index is 702. The molecule has 0 aliphatic heterocycles. The largest absolute Gasteiger partial charge is 0.348 e. The molecule has 128 valence electrons. The minimum absolute atomic E-state index is 0.0382. The molecule has 3 nitrogen and oxygen atoms in total. The highest BCUT2D eigenvalue weighted by molar-refractivity contribution is 6.31. The van der Waals surface area contributed by atoms with Gasteiger partial charge in [-0.2, -0.15) is 0 Å². The first-order valence-electron chi connectivity index (χ1n) is 8.07. The molecule has 0 aliphatic carbocycles. The molecule has 0 saturated heterocycles. The van der Waals surface area contributed by atoms with Crippen LogP contribution in [0.5, 0.6) is 0 Å². The third-order valence-corrected chi connectivity index (χ3v) is 4.25. The third kappa shape index (κ3) is 4.79. The zero-order chi connectivity index (χ0) is 17.5. The minimum Gasteiger partial charge on any atom is -0.348 e. The lowest BCUT2D eigenvalue weighted by Crippen LogP contribution is -2.26. The number of carbonyl (C=O) groups is 1. The van der Waals surface area contributed by atoms with Crippen LogP contribution in [0.1, 0.15) is 35.3 Å². The Morgan fingerprint density at radius 2 is 1.79 bits per heavy atom. The molecule has 2 rings (SSSR count). The summed E-state index contributed by atoms with van der Waals surface area (Å²) in [6.07, 6.45) is 0. The van der Waals surface area contributed by atoms with Crippen LogP contribution in [0.15, 0.2) is 42.5 Å². The van der Waals surface area contributed by atoms with Gasteiger partial charge < -0.3 is 5.32 Å². The van der Waals surface area contributed by atoms with Crippen LogP contribution in [-0.4, -0.2) is 23.9 Å². The van der Waals surface area contributed by atoms with E-state index in [1.54, 1.807) is 0 Å². The van der Waals surface area contributed by atoms with Crippen molar-refractivity contribution in [1.82, 2.24) is 10.2 Å². The normalized spacial score (nSPS) is 10.9. The lowest BCUT2D eigenvalue weighted by molar-refractivity contribution is 0.0946. The maximum Gasteiger partial charge on any atom is 0.254 e. The van der Waals surface area contributed by atoms with Gasteiger partial charge in [0.1, 0.15) is 5.82 Å². The third-order valence-electron chi connectivity index (χ3n) is 4.02. The molecular weight excluding hydrogens is 327 g/mol. The molecule has 1 amide bonds. The van der Waals surface area contributed by atoms with Crippen molar-refractivity contribution in [3.8, 4) is 0 Å². The Balaban J connectivity index is 2.09. The van der Waals surface area contributed by atoms with Crippen LogP contribution < -0.4 is 5.32 Å². The van der Waals surface area contributed by atoms with Crippen molar-refractivity contribution in [2.75, 3.05) is 13.1 Å². The Morgan fingerprint density at radius 1 is 1.12 bits per heavy atom. The molecular formula is C19H22ClFN2O. The van der Waals surface area contributed by atoms with Gasteiger partial charge in [0.25, 0.3) is 5.91 Å². The first-order chi connectivity index (χ1) is 11.5. The second-order valence-electron chi connectivity index (χ2n) is 5.54. The highest BCUT2D eigenvalue weighted by Crippen LogP contribution is 2.16. The fourth-order valence-corrected chi connectivity index (χ4v) is 2.69. The second-order valence-corrected chi connectivity index (χ2v) is 5.97. The molecule has 0 saturated carbocycles. The Morgan fingerprint density at radius 3 is 2.46 bits per heavy atom. The van der Waals surface area contributed by atoms with Gasteiger partial charge >= 0.3 is 0 Å². The van der Waals surface area contributed by atoms with E-state index in [4.69, 9.17) is 11.6 Å². The smallest absolute Gasteiger partial charge is 0.254 e. The van der Waals surface area contributed by atoms with Crippen LogP contribution in [0.3, 0.4) is 0 Å². The summed E-state index contributed by atoms with van der Waals surface area (Å²) in [5.41, 5.74) is 2.15. The summed E-state index contributed by atoms with van der Waals surface area (Å²) in [4.78, 5) is 14.5. The predicted molar refractivity (Wildman–Crippen MR) is 95.6 cm³/mol. The van der Waals surface area contributed by atoms with E-state index < -0.39 is 11.7 Å². The molecule has 0 unspecified atom stereocenters. The number of halogens is 2. The van der Waals surface area contributed by atoms with Gasteiger partial charge in [-0.25, -0.2) is 4.39 Å². The van der Waals surface area contributed by atoms with E-state index >= 15 is 0 Å². The number of hydrogen-bond donors (Lipinski definition) is 1. The lowest BCUT2D eigenvalue weighted by atomic mass is 10.1. The van der Waals surface area contributed by atoms with Crippen molar-refractivity contribution in [1.29, 1.82) is 0 Å². The van der Waals surface area contributed by atoms with Gasteiger partial charge in [-0.3, -0.25) is 9.69 Å². The molecule has 5 heteroatoms. The predicted octanol–water partition coefficient (Wildman–Crippen LogP) is 4.25. The Kier molecular flexibility index (Phi) is 6.76. The van der Waals surface area contributed by atoms with Crippen molar-refractivity contribution >= 4 is 17.5 Å². The van der Waals surface area contributed by atoms with E-state index in [2.05, 4.69) is 30.1 Å². The van der Waals surface area contributed by atoms with E-state index in [0.29, 0.717) is 11.6 Å². The molecule has 0 fully saturated rings. The van der Waals surface area contributed by atoms with E-state index in [9.17, 15) is 9.18 Å². The van der Waals surface area contributed by atoms with Gasteiger partial charge in [0.15, 0.2) is 0 Å². The monoisotopic (exact) mass is 348 g/mol. The molecule has 0 radical (unpaired) electrons. The number of amides is 1. The summed E-state index contributed by atoms with van der Waals surface area (Å²) < 4.78 is 13.8. The van der Waals surface area contributed by atoms with Gasteiger partial charge in [-0.15, -0.1) is 0 Å². The lowest BCUT2D eigenvalue weighted by Gasteiger charge is -2.20. The second kappa shape index (κ2) is 8.81. The minimum atomic E-state index is -0.576. The van der Waals surface area contributed by atoms with Gasteiger partial charge in [-0.1, -0.05) is 49.7 Å². The van der Waals surface area contributed by atoms with Gasteiger partial charge in [0, 0.05) is 18.1 Å². The quantitative estimate of drug-likeness (QED) is 0.811. The van der Waals surface area contributed by atoms with Crippen molar-refractivity contribution in [3.63, 3.8) is 0 Å². The summed E-state index contributed by atoms with van der Waals surface area (Å²) in [5, 5.41) is 3.11. The SMILES string of the molecule is CCN(CC)Cc1ccccc1CNC(=O)c1cc(Cl)ccc1F. The average Bonchev–Trinajstić information content (AvgIpc) is 2.60. The standard InChI is InChI=1S/C19H22ClFN2O/c1-3-23(4-2)13-15-8-6-5-7-14(15)12-22-19(24)17-11-16(20)9-10-18(17)21/h5-11H,3-4,12-13H2,1-2H3,(H,22,24). The van der Waals surface area contributed by atoms with E-state index in [1.807, 2.05) is 18.2 Å². The first-order valence-corrected chi connectivity index (χ1v) is 8.45. The molecule has 0 bridgehead atoms. The van der Waals surface area contributed by atoms with Crippen molar-refractivity contribution in [2.24, 2.45) is 0 Å². The van der Waals surface area contributed by atoms with Gasteiger partial charge in [0.2, 0.25) is 0 Å². The average molecular weight is 349 g/mol. The topological polar surface area (TPSA) is 32.3 Å². The summed E-state index contributed by atoms with van der Waals surface area (Å²) in [5.74, 6) is -1.04. The van der Waals surface area contributed by atoms with Gasteiger partial charge in [0.05, 0.1) is 5.56 Å². The van der Waals surface area contributed by atoms with Crippen molar-refractivity contribution < 1.29 is 9.18 Å². The maximum absolute atomic E-state index is 13.8. The van der Waals surface area contributed by atoms with E-state index in [0.717, 1.165) is 30.8 Å². The molecule has 2 aromatic rings. The fourth-order valence-electron chi connectivity index (χ4n) is 2.51. The van der Waals surface area contributed by atoms with Crippen molar-refractivity contribution in [2.45, 2.75) is 26.9 Å². The Hall–Kier alpha value is -1.91. The highest BCUT2D eigenvalue weighted by atomic mass is 35.5. The van der Waals surface area contributed by atoms with E-state index in [-0.39, 0.29) is 5.56 Å². The molecule has 0 aromatic heterocycles. The van der Waals surface area contributed by atoms with E-state index in [1.165, 1.54) is 18.2 Å². The number of nitrogens with zero attached hydrogens (tertiary/aromatic N) is 1. The van der Waals surface area contributed by atoms with Crippen LogP contribution >= 0.6 is 11.6 Å². The molecule has 0 atom stereocenters. The number of rotatable bonds is 7. The number of nitrogens with one attached hydrogen (secondary N) is 1. The molecule has 24 heavy (non-hydrogen) atoms. The fraction of sp³-hybridized carbons (Fsp3) is 0.316. The van der Waals surface area contributed by atoms with Crippen LogP contribution in [0.2, 0.25) is 5.02 Å². The summed E-state index contributed by atoms with van der Waals surface area (Å²) in [6, 6.07) is 11.9. The first kappa shape index (κ1) is 18.4. The molecule has 0 spiro atoms. The molecule has 0 heterocycles. The van der Waals surface area contributed by atoms with Gasteiger partial charge in [-0.05, 0) is 42.4 Å². The Labute approximate surface area is 147 Å². The van der Waals surface area contributed by atoms with Crippen molar-refractivity contribution in [3.05, 3.63) is 70.0 Å². The molecule has 0 aliphatic rings. The van der Waals surface area contributed by atoms with Crippen LogP contribution in [-0.2, 0) is 13.1 Å². The summed E-state index contributed by atoms with van der Waals surface area (Å²) >= 11 is 5.84.